The molecule has 2 heteroatoms. The van der Waals surface area contributed by atoms with E-state index in [1.54, 1.807) is 12.5 Å². The van der Waals surface area contributed by atoms with Crippen molar-refractivity contribution in [2.24, 2.45) is 0 Å². The minimum absolute atomic E-state index is 0.973. The number of anilines is 1. The van der Waals surface area contributed by atoms with E-state index < -0.39 is 0 Å². The molecule has 0 fully saturated rings. The average Bonchev–Trinajstić information content (AvgIpc) is 2.56. The van der Waals surface area contributed by atoms with Gasteiger partial charge in [-0.25, -0.2) is 0 Å². The minimum atomic E-state index is 0.973. The Morgan fingerprint density at radius 1 is 1.23 bits per heavy atom. The van der Waals surface area contributed by atoms with E-state index >= 15 is 0 Å². The van der Waals surface area contributed by atoms with Gasteiger partial charge in [0.2, 0.25) is 0 Å². The molecule has 2 heterocycles. The molecule has 13 heavy (non-hydrogen) atoms. The van der Waals surface area contributed by atoms with Gasteiger partial charge in [0.1, 0.15) is 12.5 Å². The van der Waals surface area contributed by atoms with Crippen LogP contribution >= 0.6 is 0 Å². The SMILES string of the molecule is C1=CN2C(=CO1)Cc1ccccc12. The largest absolute Gasteiger partial charge is 0.469 e. The average molecular weight is 171 g/mol. The van der Waals surface area contributed by atoms with E-state index in [1.807, 2.05) is 6.20 Å². The number of ether oxygens (including phenoxy) is 1. The highest BCUT2D eigenvalue weighted by Gasteiger charge is 2.23. The van der Waals surface area contributed by atoms with Crippen molar-refractivity contribution >= 4 is 5.69 Å². The lowest BCUT2D eigenvalue weighted by atomic mass is 10.1. The van der Waals surface area contributed by atoms with Crippen molar-refractivity contribution in [2.75, 3.05) is 4.90 Å². The summed E-state index contributed by atoms with van der Waals surface area (Å²) in [5.41, 5.74) is 3.85. The maximum Gasteiger partial charge on any atom is 0.110 e. The molecule has 1 aromatic carbocycles. The topological polar surface area (TPSA) is 12.5 Å². The summed E-state index contributed by atoms with van der Waals surface area (Å²) in [7, 11) is 0. The third-order valence-electron chi connectivity index (χ3n) is 2.42. The van der Waals surface area contributed by atoms with Crippen LogP contribution in [0.4, 0.5) is 5.69 Å². The highest BCUT2D eigenvalue weighted by Crippen LogP contribution is 2.35. The Kier molecular flexibility index (Phi) is 1.25. The van der Waals surface area contributed by atoms with Crippen LogP contribution in [-0.2, 0) is 11.2 Å². The summed E-state index contributed by atoms with van der Waals surface area (Å²) >= 11 is 0. The number of hydrogen-bond donors (Lipinski definition) is 0. The van der Waals surface area contributed by atoms with Gasteiger partial charge >= 0.3 is 0 Å². The number of para-hydroxylation sites is 1. The first-order chi connectivity index (χ1) is 6.45. The number of allylic oxidation sites excluding steroid dienone is 1. The van der Waals surface area contributed by atoms with E-state index in [-0.39, 0.29) is 0 Å². The predicted molar refractivity (Wildman–Crippen MR) is 50.9 cm³/mol. The van der Waals surface area contributed by atoms with Crippen LogP contribution in [0, 0.1) is 0 Å². The van der Waals surface area contributed by atoms with Gasteiger partial charge in [-0.05, 0) is 11.6 Å². The van der Waals surface area contributed by atoms with Crippen LogP contribution in [0.1, 0.15) is 5.56 Å². The van der Waals surface area contributed by atoms with E-state index in [4.69, 9.17) is 4.74 Å². The highest BCUT2D eigenvalue weighted by molar-refractivity contribution is 5.67. The van der Waals surface area contributed by atoms with Crippen LogP contribution in [0.15, 0.2) is 48.7 Å². The van der Waals surface area contributed by atoms with Crippen molar-refractivity contribution in [1.82, 2.24) is 0 Å². The Balaban J connectivity index is 2.16. The number of benzene rings is 1. The second-order valence-corrected chi connectivity index (χ2v) is 3.21. The molecular formula is C11H9NO. The molecule has 0 atom stereocenters. The molecule has 3 rings (SSSR count). The summed E-state index contributed by atoms with van der Waals surface area (Å²) in [5, 5.41) is 0. The fraction of sp³-hybridized carbons (Fsp3) is 0.0909. The first-order valence-corrected chi connectivity index (χ1v) is 4.33. The summed E-state index contributed by atoms with van der Waals surface area (Å²) in [6.07, 6.45) is 6.44. The first kappa shape index (κ1) is 6.78. The van der Waals surface area contributed by atoms with Crippen molar-refractivity contribution in [3.8, 4) is 0 Å². The minimum Gasteiger partial charge on any atom is -0.469 e. The fourth-order valence-corrected chi connectivity index (χ4v) is 1.82. The normalized spacial score (nSPS) is 17.5. The lowest BCUT2D eigenvalue weighted by Crippen LogP contribution is -2.12. The Labute approximate surface area is 76.7 Å². The molecule has 0 unspecified atom stereocenters. The van der Waals surface area contributed by atoms with E-state index in [0.29, 0.717) is 0 Å². The third kappa shape index (κ3) is 0.886. The smallest absolute Gasteiger partial charge is 0.110 e. The Bertz CT molecular complexity index is 406. The Morgan fingerprint density at radius 3 is 3.15 bits per heavy atom. The van der Waals surface area contributed by atoms with Gasteiger partial charge in [0.25, 0.3) is 0 Å². The van der Waals surface area contributed by atoms with E-state index in [1.165, 1.54) is 16.9 Å². The molecule has 0 N–H and O–H groups in total. The Hall–Kier alpha value is -1.70. The maximum absolute atomic E-state index is 5.13. The van der Waals surface area contributed by atoms with Gasteiger partial charge in [0.05, 0.1) is 5.70 Å². The molecule has 64 valence electrons. The second kappa shape index (κ2) is 2.39. The van der Waals surface area contributed by atoms with Crippen molar-refractivity contribution < 1.29 is 4.74 Å². The third-order valence-corrected chi connectivity index (χ3v) is 2.42. The van der Waals surface area contributed by atoms with Gasteiger partial charge in [-0.2, -0.15) is 0 Å². The lowest BCUT2D eigenvalue weighted by molar-refractivity contribution is 0.387. The predicted octanol–water partition coefficient (Wildman–Crippen LogP) is 2.39. The van der Waals surface area contributed by atoms with E-state index in [9.17, 15) is 0 Å². The number of fused-ring (bicyclic) bond motifs is 3. The molecule has 2 aliphatic heterocycles. The quantitative estimate of drug-likeness (QED) is 0.594. The van der Waals surface area contributed by atoms with Crippen LogP contribution in [-0.4, -0.2) is 0 Å². The Morgan fingerprint density at radius 2 is 2.15 bits per heavy atom. The second-order valence-electron chi connectivity index (χ2n) is 3.21. The van der Waals surface area contributed by atoms with Crippen LogP contribution < -0.4 is 4.90 Å². The number of hydrogen-bond acceptors (Lipinski definition) is 2. The van der Waals surface area contributed by atoms with Crippen molar-refractivity contribution in [3.05, 3.63) is 54.3 Å². The lowest BCUT2D eigenvalue weighted by Gasteiger charge is -2.18. The highest BCUT2D eigenvalue weighted by atomic mass is 16.5. The van der Waals surface area contributed by atoms with Gasteiger partial charge in [-0.3, -0.25) is 0 Å². The number of nitrogens with zero attached hydrogens (tertiary/aromatic N) is 1. The molecule has 0 saturated heterocycles. The summed E-state index contributed by atoms with van der Waals surface area (Å²) in [6.45, 7) is 0. The molecular weight excluding hydrogens is 162 g/mol. The van der Waals surface area contributed by atoms with Gasteiger partial charge in [-0.15, -0.1) is 0 Å². The van der Waals surface area contributed by atoms with Crippen molar-refractivity contribution in [1.29, 1.82) is 0 Å². The van der Waals surface area contributed by atoms with Crippen LogP contribution in [0.5, 0.6) is 0 Å². The van der Waals surface area contributed by atoms with Crippen molar-refractivity contribution in [2.45, 2.75) is 6.42 Å². The summed E-state index contributed by atoms with van der Waals surface area (Å²) in [6, 6.07) is 8.42. The zero-order valence-corrected chi connectivity index (χ0v) is 7.10. The maximum atomic E-state index is 5.13. The first-order valence-electron chi connectivity index (χ1n) is 4.33. The molecule has 0 radical (unpaired) electrons. The molecule has 1 aromatic rings. The van der Waals surface area contributed by atoms with Gasteiger partial charge < -0.3 is 9.64 Å². The van der Waals surface area contributed by atoms with Gasteiger partial charge in [0.15, 0.2) is 0 Å². The summed E-state index contributed by atoms with van der Waals surface area (Å²) in [5.74, 6) is 0. The van der Waals surface area contributed by atoms with E-state index in [2.05, 4.69) is 29.2 Å². The van der Waals surface area contributed by atoms with Gasteiger partial charge in [-0.1, -0.05) is 18.2 Å². The van der Waals surface area contributed by atoms with Gasteiger partial charge in [0, 0.05) is 18.3 Å². The number of rotatable bonds is 0. The van der Waals surface area contributed by atoms with Crippen molar-refractivity contribution in [3.63, 3.8) is 0 Å². The van der Waals surface area contributed by atoms with E-state index in [0.717, 1.165) is 6.42 Å². The zero-order valence-electron chi connectivity index (χ0n) is 7.10. The molecule has 2 nitrogen and oxygen atoms in total. The molecule has 0 saturated carbocycles. The monoisotopic (exact) mass is 171 g/mol. The molecule has 0 aromatic heterocycles. The standard InChI is InChI=1S/C11H9NO/c1-2-4-11-9(3-1)7-10-8-13-6-5-12(10)11/h1-6,8H,7H2. The molecule has 0 bridgehead atoms. The molecule has 0 amide bonds. The summed E-state index contributed by atoms with van der Waals surface area (Å²) < 4.78 is 5.13. The molecule has 0 aliphatic carbocycles. The zero-order chi connectivity index (χ0) is 8.67. The van der Waals surface area contributed by atoms with Crippen LogP contribution in [0.2, 0.25) is 0 Å². The summed E-state index contributed by atoms with van der Waals surface area (Å²) in [4.78, 5) is 2.17. The fourth-order valence-electron chi connectivity index (χ4n) is 1.82. The molecule has 2 aliphatic rings. The van der Waals surface area contributed by atoms with Crippen LogP contribution in [0.3, 0.4) is 0 Å². The molecule has 0 spiro atoms. The van der Waals surface area contributed by atoms with Crippen LogP contribution in [0.25, 0.3) is 0 Å².